The Hall–Kier alpha value is -1.96. The van der Waals surface area contributed by atoms with Crippen molar-refractivity contribution in [2.24, 2.45) is 11.8 Å². The van der Waals surface area contributed by atoms with Crippen molar-refractivity contribution in [3.8, 4) is 0 Å². The van der Waals surface area contributed by atoms with Crippen molar-refractivity contribution in [3.63, 3.8) is 0 Å². The number of ether oxygens (including phenoxy) is 2. The number of hydrogen-bond donors (Lipinski definition) is 1. The molecule has 0 aromatic heterocycles. The zero-order valence-corrected chi connectivity index (χ0v) is 14.8. The van der Waals surface area contributed by atoms with Crippen LogP contribution in [0.2, 0.25) is 0 Å². The number of amides is 3. The van der Waals surface area contributed by atoms with Gasteiger partial charge in [-0.25, -0.2) is 0 Å². The fraction of sp³-hybridized carbons (Fsp3) is 0.765. The molecule has 3 atom stereocenters. The van der Waals surface area contributed by atoms with Crippen LogP contribution in [0.15, 0.2) is 0 Å². The van der Waals surface area contributed by atoms with E-state index in [1.165, 1.54) is 18.9 Å². The van der Waals surface area contributed by atoms with Crippen molar-refractivity contribution in [3.05, 3.63) is 0 Å². The van der Waals surface area contributed by atoms with E-state index < -0.39 is 18.0 Å². The largest absolute Gasteiger partial charge is 0.452 e. The number of carbonyl (C=O) groups is 4. The van der Waals surface area contributed by atoms with Crippen molar-refractivity contribution in [2.75, 3.05) is 26.8 Å². The smallest absolute Gasteiger partial charge is 0.308 e. The van der Waals surface area contributed by atoms with Gasteiger partial charge < -0.3 is 14.8 Å². The maximum Gasteiger partial charge on any atom is 0.308 e. The Balaban J connectivity index is 1.77. The van der Waals surface area contributed by atoms with Crippen LogP contribution in [-0.2, 0) is 28.7 Å². The van der Waals surface area contributed by atoms with Crippen molar-refractivity contribution in [2.45, 2.75) is 45.1 Å². The molecule has 8 heteroatoms. The van der Waals surface area contributed by atoms with Gasteiger partial charge in [0.2, 0.25) is 11.8 Å². The van der Waals surface area contributed by atoms with Crippen molar-refractivity contribution in [1.29, 1.82) is 0 Å². The van der Waals surface area contributed by atoms with Crippen LogP contribution in [0.4, 0.5) is 0 Å². The van der Waals surface area contributed by atoms with E-state index in [1.54, 1.807) is 0 Å². The quantitative estimate of drug-likeness (QED) is 0.381. The van der Waals surface area contributed by atoms with Crippen molar-refractivity contribution in [1.82, 2.24) is 10.2 Å². The van der Waals surface area contributed by atoms with Crippen molar-refractivity contribution < 1.29 is 28.7 Å². The molecule has 8 nitrogen and oxygen atoms in total. The van der Waals surface area contributed by atoms with Gasteiger partial charge in [0.25, 0.3) is 5.91 Å². The van der Waals surface area contributed by atoms with E-state index in [-0.39, 0.29) is 36.6 Å². The molecule has 1 N–H and O–H groups in total. The topological polar surface area (TPSA) is 102 Å². The first-order chi connectivity index (χ1) is 12.0. The Kier molecular flexibility index (Phi) is 6.92. The zero-order valence-electron chi connectivity index (χ0n) is 14.8. The number of carbonyl (C=O) groups excluding carboxylic acids is 4. The number of rotatable bonds is 8. The Morgan fingerprint density at radius 1 is 1.20 bits per heavy atom. The third-order valence-electron chi connectivity index (χ3n) is 4.75. The minimum atomic E-state index is -0.933. The van der Waals surface area contributed by atoms with Gasteiger partial charge in [0, 0.05) is 20.2 Å². The molecule has 0 aromatic carbocycles. The second kappa shape index (κ2) is 8.94. The number of likely N-dealkylation sites (tertiary alicyclic amines) is 1. The average molecular weight is 354 g/mol. The van der Waals surface area contributed by atoms with Crippen LogP contribution < -0.4 is 5.32 Å². The van der Waals surface area contributed by atoms with Gasteiger partial charge in [0.15, 0.2) is 6.10 Å². The molecule has 1 aliphatic carbocycles. The summed E-state index contributed by atoms with van der Waals surface area (Å²) in [6, 6.07) is 0. The first-order valence-corrected chi connectivity index (χ1v) is 8.77. The Morgan fingerprint density at radius 2 is 1.80 bits per heavy atom. The molecule has 0 spiro atoms. The van der Waals surface area contributed by atoms with E-state index in [1.807, 2.05) is 0 Å². The maximum atomic E-state index is 12.3. The van der Waals surface area contributed by atoms with E-state index in [0.717, 1.165) is 25.7 Å². The van der Waals surface area contributed by atoms with Gasteiger partial charge in [-0.15, -0.1) is 0 Å². The second-order valence-electron chi connectivity index (χ2n) is 6.49. The fourth-order valence-corrected chi connectivity index (χ4v) is 3.38. The van der Waals surface area contributed by atoms with E-state index in [0.29, 0.717) is 13.2 Å². The summed E-state index contributed by atoms with van der Waals surface area (Å²) in [5.74, 6) is -1.80. The number of hydrogen-bond acceptors (Lipinski definition) is 6. The van der Waals surface area contributed by atoms with Crippen LogP contribution in [0.5, 0.6) is 0 Å². The van der Waals surface area contributed by atoms with Gasteiger partial charge in [0.1, 0.15) is 0 Å². The summed E-state index contributed by atoms with van der Waals surface area (Å²) >= 11 is 0. The summed E-state index contributed by atoms with van der Waals surface area (Å²) in [6.45, 7) is 2.19. The standard InChI is InChI=1S/C17H26N2O6/c1-11(15(21)18-8-10-24-2)25-14(20)7-9-19-16(22)12-5-3-4-6-13(12)17(19)23/h11-13H,3-10H2,1-2H3,(H,18,21)/t11-,12-,13+/m1/s1. The summed E-state index contributed by atoms with van der Waals surface area (Å²) in [6.07, 6.45) is 2.38. The second-order valence-corrected chi connectivity index (χ2v) is 6.49. The minimum Gasteiger partial charge on any atom is -0.452 e. The lowest BCUT2D eigenvalue weighted by atomic mass is 9.81. The Morgan fingerprint density at radius 3 is 2.36 bits per heavy atom. The molecule has 0 unspecified atom stereocenters. The molecule has 1 aliphatic heterocycles. The first-order valence-electron chi connectivity index (χ1n) is 8.77. The third kappa shape index (κ3) is 4.78. The van der Waals surface area contributed by atoms with Gasteiger partial charge in [-0.2, -0.15) is 0 Å². The van der Waals surface area contributed by atoms with Gasteiger partial charge in [-0.05, 0) is 19.8 Å². The summed E-state index contributed by atoms with van der Waals surface area (Å²) in [4.78, 5) is 49.4. The van der Waals surface area contributed by atoms with Crippen LogP contribution in [0.25, 0.3) is 0 Å². The summed E-state index contributed by atoms with van der Waals surface area (Å²) in [5.41, 5.74) is 0. The highest BCUT2D eigenvalue weighted by Crippen LogP contribution is 2.37. The number of imide groups is 1. The highest BCUT2D eigenvalue weighted by molar-refractivity contribution is 6.05. The number of methoxy groups -OCH3 is 1. The lowest BCUT2D eigenvalue weighted by Gasteiger charge is -2.19. The SMILES string of the molecule is COCCNC(=O)[C@@H](C)OC(=O)CCN1C(=O)[C@H]2CCCC[C@H]2C1=O. The molecule has 140 valence electrons. The highest BCUT2D eigenvalue weighted by Gasteiger charge is 2.47. The van der Waals surface area contributed by atoms with E-state index in [9.17, 15) is 19.2 Å². The van der Waals surface area contributed by atoms with Crippen LogP contribution in [0, 0.1) is 11.8 Å². The molecular weight excluding hydrogens is 328 g/mol. The third-order valence-corrected chi connectivity index (χ3v) is 4.75. The molecule has 0 radical (unpaired) electrons. The van der Waals surface area contributed by atoms with Crippen LogP contribution in [-0.4, -0.2) is 61.5 Å². The monoisotopic (exact) mass is 354 g/mol. The normalized spacial score (nSPS) is 24.0. The summed E-state index contributed by atoms with van der Waals surface area (Å²) < 4.78 is 9.87. The molecule has 1 heterocycles. The van der Waals surface area contributed by atoms with Gasteiger partial charge in [-0.3, -0.25) is 24.1 Å². The average Bonchev–Trinajstić information content (AvgIpc) is 2.84. The molecule has 2 fully saturated rings. The molecule has 2 rings (SSSR count). The molecule has 2 aliphatic rings. The van der Waals surface area contributed by atoms with E-state index >= 15 is 0 Å². The van der Waals surface area contributed by atoms with Crippen LogP contribution >= 0.6 is 0 Å². The molecular formula is C17H26N2O6. The highest BCUT2D eigenvalue weighted by atomic mass is 16.5. The molecule has 1 saturated heterocycles. The molecule has 0 aromatic rings. The molecule has 25 heavy (non-hydrogen) atoms. The number of esters is 1. The first kappa shape index (κ1) is 19.4. The van der Waals surface area contributed by atoms with E-state index in [2.05, 4.69) is 5.32 Å². The fourth-order valence-electron chi connectivity index (χ4n) is 3.38. The summed E-state index contributed by atoms with van der Waals surface area (Å²) in [5, 5.41) is 2.57. The lowest BCUT2D eigenvalue weighted by Crippen LogP contribution is -2.38. The van der Waals surface area contributed by atoms with Gasteiger partial charge in [0.05, 0.1) is 24.9 Å². The minimum absolute atomic E-state index is 0.0154. The van der Waals surface area contributed by atoms with Crippen LogP contribution in [0.1, 0.15) is 39.0 Å². The summed E-state index contributed by atoms with van der Waals surface area (Å²) in [7, 11) is 1.52. The molecule has 0 bridgehead atoms. The van der Waals surface area contributed by atoms with Gasteiger partial charge in [-0.1, -0.05) is 12.8 Å². The number of fused-ring (bicyclic) bond motifs is 1. The van der Waals surface area contributed by atoms with E-state index in [4.69, 9.17) is 9.47 Å². The predicted octanol–water partition coefficient (Wildman–Crippen LogP) is 0.246. The lowest BCUT2D eigenvalue weighted by molar-refractivity contribution is -0.155. The Labute approximate surface area is 147 Å². The maximum absolute atomic E-state index is 12.3. The molecule has 3 amide bonds. The van der Waals surface area contributed by atoms with Gasteiger partial charge >= 0.3 is 5.97 Å². The zero-order chi connectivity index (χ0) is 18.4. The number of nitrogens with zero attached hydrogens (tertiary/aromatic N) is 1. The van der Waals surface area contributed by atoms with Crippen LogP contribution in [0.3, 0.4) is 0 Å². The number of nitrogens with one attached hydrogen (secondary N) is 1. The molecule has 1 saturated carbocycles. The Bertz CT molecular complexity index is 511. The predicted molar refractivity (Wildman–Crippen MR) is 87.2 cm³/mol. The van der Waals surface area contributed by atoms with Crippen molar-refractivity contribution >= 4 is 23.7 Å².